The molecule has 1 aliphatic rings. The quantitative estimate of drug-likeness (QED) is 0.683. The van der Waals surface area contributed by atoms with Crippen LogP contribution in [0.2, 0.25) is 0 Å². The van der Waals surface area contributed by atoms with Crippen LogP contribution in [0.1, 0.15) is 37.8 Å². The summed E-state index contributed by atoms with van der Waals surface area (Å²) in [5.74, 6) is -0.0559. The van der Waals surface area contributed by atoms with E-state index in [0.29, 0.717) is 28.6 Å². The molecule has 1 aliphatic heterocycles. The third-order valence-electron chi connectivity index (χ3n) is 5.50. The van der Waals surface area contributed by atoms with Gasteiger partial charge in [-0.15, -0.1) is 0 Å². The van der Waals surface area contributed by atoms with Crippen molar-refractivity contribution in [2.45, 2.75) is 26.7 Å². The topological polar surface area (TPSA) is 101 Å². The zero-order valence-corrected chi connectivity index (χ0v) is 19.4. The van der Waals surface area contributed by atoms with Crippen LogP contribution >= 0.6 is 0 Å². The fraction of sp³-hybridized carbons (Fsp3) is 0.435. The second-order valence-electron chi connectivity index (χ2n) is 8.14. The number of aromatic nitrogens is 2. The molecule has 2 aromatic rings. The summed E-state index contributed by atoms with van der Waals surface area (Å²) in [4.78, 5) is 39.1. The number of benzene rings is 1. The minimum absolute atomic E-state index is 0.141. The molecule has 2 heterocycles. The van der Waals surface area contributed by atoms with E-state index in [1.54, 1.807) is 32.2 Å². The lowest BCUT2D eigenvalue weighted by Gasteiger charge is -2.31. The third-order valence-corrected chi connectivity index (χ3v) is 5.50. The van der Waals surface area contributed by atoms with Crippen LogP contribution in [-0.2, 0) is 23.6 Å². The molecule has 9 nitrogen and oxygen atoms in total. The van der Waals surface area contributed by atoms with Gasteiger partial charge >= 0.3 is 11.7 Å². The van der Waals surface area contributed by atoms with Crippen molar-refractivity contribution in [3.8, 4) is 11.5 Å². The van der Waals surface area contributed by atoms with Crippen LogP contribution < -0.4 is 26.0 Å². The summed E-state index contributed by atoms with van der Waals surface area (Å²) in [6, 6.07) is 5.27. The standard InChI is InChI=1S/C23H29N3O6/c1-12(2)11-32-22(28)16-13(3)24-20-18(21(27)26(5)23(29)25(20)4)17(16)14-9-8-10-15(30-6)19(14)31-7/h8-10,12,17,24H,11H2,1-7H3/t17-/m1/s1. The summed E-state index contributed by atoms with van der Waals surface area (Å²) in [7, 11) is 5.99. The van der Waals surface area contributed by atoms with Gasteiger partial charge in [-0.1, -0.05) is 26.0 Å². The maximum Gasteiger partial charge on any atom is 0.336 e. The van der Waals surface area contributed by atoms with Gasteiger partial charge in [-0.25, -0.2) is 9.59 Å². The summed E-state index contributed by atoms with van der Waals surface area (Å²) >= 11 is 0. The van der Waals surface area contributed by atoms with Gasteiger partial charge in [-0.3, -0.25) is 13.9 Å². The molecule has 1 atom stereocenters. The Hall–Kier alpha value is -3.49. The van der Waals surface area contributed by atoms with E-state index in [1.165, 1.54) is 25.8 Å². The Kier molecular flexibility index (Phi) is 6.47. The number of fused-ring (bicyclic) bond motifs is 1. The molecule has 0 aliphatic carbocycles. The van der Waals surface area contributed by atoms with Crippen LogP contribution in [0.4, 0.5) is 5.82 Å². The lowest BCUT2D eigenvalue weighted by atomic mass is 9.81. The van der Waals surface area contributed by atoms with E-state index in [0.717, 1.165) is 4.57 Å². The second kappa shape index (κ2) is 8.94. The summed E-state index contributed by atoms with van der Waals surface area (Å²) < 4.78 is 19.0. The van der Waals surface area contributed by atoms with Gasteiger partial charge in [-0.05, 0) is 18.9 Å². The van der Waals surface area contributed by atoms with Gasteiger partial charge in [0.1, 0.15) is 5.82 Å². The molecule has 1 aromatic carbocycles. The molecule has 0 unspecified atom stereocenters. The fourth-order valence-corrected chi connectivity index (χ4v) is 3.93. The highest BCUT2D eigenvalue weighted by atomic mass is 16.5. The van der Waals surface area contributed by atoms with Gasteiger partial charge in [0, 0.05) is 25.4 Å². The van der Waals surface area contributed by atoms with Gasteiger partial charge in [0.2, 0.25) is 0 Å². The number of hydrogen-bond acceptors (Lipinski definition) is 7. The smallest absolute Gasteiger partial charge is 0.336 e. The van der Waals surface area contributed by atoms with Gasteiger partial charge in [0.15, 0.2) is 11.5 Å². The Morgan fingerprint density at radius 2 is 1.81 bits per heavy atom. The summed E-state index contributed by atoms with van der Waals surface area (Å²) in [6.07, 6.45) is 0. The van der Waals surface area contributed by atoms with Crippen molar-refractivity contribution in [2.24, 2.45) is 20.0 Å². The van der Waals surface area contributed by atoms with E-state index in [9.17, 15) is 14.4 Å². The number of carbonyl (C=O) groups is 1. The van der Waals surface area contributed by atoms with E-state index in [1.807, 2.05) is 13.8 Å². The number of methoxy groups -OCH3 is 2. The number of nitrogens with zero attached hydrogens (tertiary/aromatic N) is 2. The fourth-order valence-electron chi connectivity index (χ4n) is 3.93. The molecule has 0 bridgehead atoms. The Labute approximate surface area is 186 Å². The first kappa shape index (κ1) is 23.2. The van der Waals surface area contributed by atoms with Crippen LogP contribution in [0.3, 0.4) is 0 Å². The number of esters is 1. The molecular formula is C23H29N3O6. The van der Waals surface area contributed by atoms with Crippen LogP contribution in [0, 0.1) is 5.92 Å². The monoisotopic (exact) mass is 443 g/mol. The van der Waals surface area contributed by atoms with Crippen LogP contribution in [0.5, 0.6) is 11.5 Å². The third kappa shape index (κ3) is 3.79. The average Bonchev–Trinajstić information content (AvgIpc) is 2.78. The largest absolute Gasteiger partial charge is 0.493 e. The molecule has 0 spiro atoms. The minimum atomic E-state index is -0.832. The molecule has 0 saturated carbocycles. The molecule has 0 amide bonds. The zero-order valence-electron chi connectivity index (χ0n) is 19.4. The number of carbonyl (C=O) groups excluding carboxylic acids is 1. The first-order valence-corrected chi connectivity index (χ1v) is 10.3. The summed E-state index contributed by atoms with van der Waals surface area (Å²) in [5.41, 5.74) is 0.595. The van der Waals surface area contributed by atoms with Crippen molar-refractivity contribution in [3.63, 3.8) is 0 Å². The van der Waals surface area contributed by atoms with E-state index in [-0.39, 0.29) is 23.7 Å². The molecule has 32 heavy (non-hydrogen) atoms. The van der Waals surface area contributed by atoms with E-state index < -0.39 is 23.1 Å². The van der Waals surface area contributed by atoms with Gasteiger partial charge in [-0.2, -0.15) is 0 Å². The highest BCUT2D eigenvalue weighted by molar-refractivity contribution is 5.94. The van der Waals surface area contributed by atoms with Crippen molar-refractivity contribution in [1.29, 1.82) is 0 Å². The number of para-hydroxylation sites is 1. The molecular weight excluding hydrogens is 414 g/mol. The van der Waals surface area contributed by atoms with Crippen LogP contribution in [0.25, 0.3) is 0 Å². The predicted octanol–water partition coefficient (Wildman–Crippen LogP) is 2.13. The first-order valence-electron chi connectivity index (χ1n) is 10.3. The number of hydrogen-bond donors (Lipinski definition) is 1. The van der Waals surface area contributed by atoms with Crippen molar-refractivity contribution < 1.29 is 19.0 Å². The molecule has 0 saturated heterocycles. The number of nitrogens with one attached hydrogen (secondary N) is 1. The summed E-state index contributed by atoms with van der Waals surface area (Å²) in [5, 5.41) is 3.08. The Balaban J connectivity index is 2.38. The van der Waals surface area contributed by atoms with Crippen molar-refractivity contribution in [3.05, 3.63) is 61.4 Å². The Morgan fingerprint density at radius 1 is 1.12 bits per heavy atom. The van der Waals surface area contributed by atoms with E-state index in [4.69, 9.17) is 14.2 Å². The van der Waals surface area contributed by atoms with Crippen molar-refractivity contribution >= 4 is 11.8 Å². The van der Waals surface area contributed by atoms with Crippen LogP contribution in [0.15, 0.2) is 39.1 Å². The second-order valence-corrected chi connectivity index (χ2v) is 8.14. The Morgan fingerprint density at radius 3 is 2.41 bits per heavy atom. The first-order chi connectivity index (χ1) is 15.1. The predicted molar refractivity (Wildman–Crippen MR) is 120 cm³/mol. The lowest BCUT2D eigenvalue weighted by molar-refractivity contribution is -0.140. The minimum Gasteiger partial charge on any atom is -0.493 e. The number of anilines is 1. The number of allylic oxidation sites excluding steroid dienone is 1. The highest BCUT2D eigenvalue weighted by Gasteiger charge is 2.39. The van der Waals surface area contributed by atoms with Crippen molar-refractivity contribution in [2.75, 3.05) is 26.1 Å². The van der Waals surface area contributed by atoms with E-state index in [2.05, 4.69) is 5.32 Å². The maximum absolute atomic E-state index is 13.3. The van der Waals surface area contributed by atoms with Crippen molar-refractivity contribution in [1.82, 2.24) is 9.13 Å². The average molecular weight is 444 g/mol. The maximum atomic E-state index is 13.3. The molecule has 1 aromatic heterocycles. The van der Waals surface area contributed by atoms with Gasteiger partial charge in [0.05, 0.1) is 37.9 Å². The summed E-state index contributed by atoms with van der Waals surface area (Å²) in [6.45, 7) is 5.83. The van der Waals surface area contributed by atoms with E-state index >= 15 is 0 Å². The lowest BCUT2D eigenvalue weighted by Crippen LogP contribution is -2.43. The molecule has 1 N–H and O–H groups in total. The normalized spacial score (nSPS) is 15.3. The Bertz CT molecular complexity index is 1210. The van der Waals surface area contributed by atoms with Gasteiger partial charge in [0.25, 0.3) is 5.56 Å². The SMILES string of the molecule is COc1cccc([C@@H]2C(C(=O)OCC(C)C)=C(C)Nc3c2c(=O)n(C)c(=O)n3C)c1OC. The molecule has 3 rings (SSSR count). The molecule has 172 valence electrons. The number of ether oxygens (including phenoxy) is 3. The zero-order chi connectivity index (χ0) is 23.7. The number of rotatable bonds is 6. The van der Waals surface area contributed by atoms with Gasteiger partial charge < -0.3 is 19.5 Å². The molecule has 9 heteroatoms. The highest BCUT2D eigenvalue weighted by Crippen LogP contribution is 2.45. The molecule has 0 fully saturated rings. The van der Waals surface area contributed by atoms with Crippen LogP contribution in [-0.4, -0.2) is 35.9 Å². The molecule has 0 radical (unpaired) electrons.